The molecule has 2 amide bonds. The molecule has 1 saturated heterocycles. The number of hydrogen-bond acceptors (Lipinski definition) is 5. The number of benzene rings is 1. The molecule has 30 heavy (non-hydrogen) atoms. The quantitative estimate of drug-likeness (QED) is 0.730. The van der Waals surface area contributed by atoms with E-state index in [4.69, 9.17) is 9.32 Å². The molecule has 1 aliphatic carbocycles. The first-order valence-electron chi connectivity index (χ1n) is 10.8. The van der Waals surface area contributed by atoms with Crippen molar-refractivity contribution in [2.45, 2.75) is 65.2 Å². The third-order valence-electron chi connectivity index (χ3n) is 6.56. The van der Waals surface area contributed by atoms with E-state index < -0.39 is 10.3 Å². The maximum Gasteiger partial charge on any atom is 0.380 e. The monoisotopic (exact) mass is 436 g/mol. The number of carbonyl (C=O) groups is 2. The Bertz CT molecular complexity index is 914. The van der Waals surface area contributed by atoms with Crippen molar-refractivity contribution in [1.82, 2.24) is 4.90 Å². The van der Waals surface area contributed by atoms with Gasteiger partial charge in [0.15, 0.2) is 0 Å². The van der Waals surface area contributed by atoms with Gasteiger partial charge in [-0.05, 0) is 73.1 Å². The summed E-state index contributed by atoms with van der Waals surface area (Å²) in [4.78, 5) is 27.2. The molecule has 2 N–H and O–H groups in total. The zero-order chi connectivity index (χ0) is 22.1. The fraction of sp³-hybridized carbons (Fsp3) is 0.636. The van der Waals surface area contributed by atoms with Crippen LogP contribution in [0.3, 0.4) is 0 Å². The molecule has 3 rings (SSSR count). The van der Waals surface area contributed by atoms with Gasteiger partial charge >= 0.3 is 10.3 Å². The molecule has 0 spiro atoms. The lowest BCUT2D eigenvalue weighted by Crippen LogP contribution is -2.43. The third kappa shape index (κ3) is 5.03. The van der Waals surface area contributed by atoms with E-state index in [9.17, 15) is 18.0 Å². The standard InChI is InChI=1S/C22H32N2O5S/c1-4-11-24-21(25)12-15(3)18-9-6-16-13-17(29-30(23,27)28)7-10-19(16)20(18)8-5-14(2)22(24)26/h7,10,13-15,18,20H,4-6,8-9,11-12H2,1-3H3,(H2,23,27,28)/t14-,15?,18?,20?/m0/s1. The number of imide groups is 1. The maximum atomic E-state index is 12.9. The Hall–Kier alpha value is -1.93. The Labute approximate surface area is 179 Å². The highest BCUT2D eigenvalue weighted by Gasteiger charge is 2.37. The lowest BCUT2D eigenvalue weighted by Gasteiger charge is -2.39. The number of nitrogens with zero attached hydrogens (tertiary/aromatic N) is 1. The normalized spacial score (nSPS) is 27.9. The number of amides is 2. The van der Waals surface area contributed by atoms with Crippen molar-refractivity contribution in [3.05, 3.63) is 29.3 Å². The second kappa shape index (κ2) is 9.06. The van der Waals surface area contributed by atoms with Gasteiger partial charge < -0.3 is 4.18 Å². The minimum absolute atomic E-state index is 0.0652. The second-order valence-corrected chi connectivity index (χ2v) is 9.94. The van der Waals surface area contributed by atoms with E-state index >= 15 is 0 Å². The molecule has 7 nitrogen and oxygen atoms in total. The minimum Gasteiger partial charge on any atom is -0.371 e. The Morgan fingerprint density at radius 3 is 2.57 bits per heavy atom. The van der Waals surface area contributed by atoms with Crippen molar-refractivity contribution in [3.63, 3.8) is 0 Å². The highest BCUT2D eigenvalue weighted by molar-refractivity contribution is 7.84. The van der Waals surface area contributed by atoms with Gasteiger partial charge in [-0.15, -0.1) is 0 Å². The Morgan fingerprint density at radius 1 is 1.17 bits per heavy atom. The van der Waals surface area contributed by atoms with E-state index in [1.54, 1.807) is 12.1 Å². The van der Waals surface area contributed by atoms with E-state index in [0.717, 1.165) is 43.2 Å². The van der Waals surface area contributed by atoms with Crippen molar-refractivity contribution in [1.29, 1.82) is 0 Å². The summed E-state index contributed by atoms with van der Waals surface area (Å²) in [6.07, 6.45) is 4.43. The van der Waals surface area contributed by atoms with Gasteiger partial charge in [-0.1, -0.05) is 26.8 Å². The summed E-state index contributed by atoms with van der Waals surface area (Å²) in [7, 11) is -4.06. The molecule has 8 heteroatoms. The molecule has 0 aromatic heterocycles. The van der Waals surface area contributed by atoms with Gasteiger partial charge in [0.2, 0.25) is 11.8 Å². The molecule has 3 unspecified atom stereocenters. The number of fused-ring (bicyclic) bond motifs is 3. The first kappa shape index (κ1) is 22.7. The first-order chi connectivity index (χ1) is 14.1. The van der Waals surface area contributed by atoms with Crippen molar-refractivity contribution in [3.8, 4) is 5.75 Å². The van der Waals surface area contributed by atoms with Crippen molar-refractivity contribution < 1.29 is 22.2 Å². The van der Waals surface area contributed by atoms with Crippen LogP contribution in [0.25, 0.3) is 0 Å². The van der Waals surface area contributed by atoms with E-state index in [1.807, 2.05) is 19.9 Å². The Morgan fingerprint density at radius 2 is 1.90 bits per heavy atom. The smallest absolute Gasteiger partial charge is 0.371 e. The SMILES string of the molecule is CCCN1C(=O)CC(C)C2CCc3cc(OS(N)(=O)=O)ccc3C2CC[C@H](C)C1=O. The maximum absolute atomic E-state index is 12.9. The zero-order valence-electron chi connectivity index (χ0n) is 18.0. The lowest BCUT2D eigenvalue weighted by molar-refractivity contribution is -0.148. The molecule has 1 aliphatic heterocycles. The Balaban J connectivity index is 1.90. The topological polar surface area (TPSA) is 107 Å². The van der Waals surface area contributed by atoms with Crippen LogP contribution in [0, 0.1) is 17.8 Å². The van der Waals surface area contributed by atoms with Crippen LogP contribution in [0.2, 0.25) is 0 Å². The average Bonchev–Trinajstić information content (AvgIpc) is 2.67. The van der Waals surface area contributed by atoms with Crippen LogP contribution in [-0.4, -0.2) is 31.7 Å². The number of rotatable bonds is 4. The van der Waals surface area contributed by atoms with Crippen molar-refractivity contribution in [2.24, 2.45) is 22.9 Å². The predicted octanol–water partition coefficient (Wildman–Crippen LogP) is 3.14. The molecule has 1 aromatic rings. The summed E-state index contributed by atoms with van der Waals surface area (Å²) in [5.41, 5.74) is 2.22. The molecular formula is C22H32N2O5S. The molecule has 166 valence electrons. The van der Waals surface area contributed by atoms with Crippen LogP contribution in [0.4, 0.5) is 0 Å². The summed E-state index contributed by atoms with van der Waals surface area (Å²) in [6, 6.07) is 5.31. The number of nitrogens with two attached hydrogens (primary N) is 1. The molecule has 0 bridgehead atoms. The molecule has 0 saturated carbocycles. The molecule has 0 radical (unpaired) electrons. The fourth-order valence-electron chi connectivity index (χ4n) is 5.09. The van der Waals surface area contributed by atoms with Crippen LogP contribution in [0.15, 0.2) is 18.2 Å². The van der Waals surface area contributed by atoms with Crippen LogP contribution in [-0.2, 0) is 26.3 Å². The van der Waals surface area contributed by atoms with E-state index in [2.05, 4.69) is 6.92 Å². The van der Waals surface area contributed by atoms with Crippen molar-refractivity contribution in [2.75, 3.05) is 6.54 Å². The largest absolute Gasteiger partial charge is 0.380 e. The zero-order valence-corrected chi connectivity index (χ0v) is 18.8. The second-order valence-electron chi connectivity index (χ2n) is 8.79. The van der Waals surface area contributed by atoms with Gasteiger partial charge in [-0.3, -0.25) is 14.5 Å². The molecular weight excluding hydrogens is 404 g/mol. The molecule has 2 aliphatic rings. The fourth-order valence-corrected chi connectivity index (χ4v) is 5.46. The summed E-state index contributed by atoms with van der Waals surface area (Å²) in [5, 5.41) is 4.99. The summed E-state index contributed by atoms with van der Waals surface area (Å²) in [6.45, 7) is 6.48. The molecule has 1 aromatic carbocycles. The summed E-state index contributed by atoms with van der Waals surface area (Å²) >= 11 is 0. The van der Waals surface area contributed by atoms with Crippen LogP contribution in [0.1, 0.15) is 69.9 Å². The van der Waals surface area contributed by atoms with Gasteiger partial charge in [0.05, 0.1) is 0 Å². The predicted molar refractivity (Wildman–Crippen MR) is 114 cm³/mol. The lowest BCUT2D eigenvalue weighted by atomic mass is 9.67. The average molecular weight is 437 g/mol. The van der Waals surface area contributed by atoms with Gasteiger partial charge in [-0.2, -0.15) is 13.6 Å². The highest BCUT2D eigenvalue weighted by atomic mass is 32.2. The van der Waals surface area contributed by atoms with Gasteiger partial charge in [0, 0.05) is 18.9 Å². The Kier molecular flexibility index (Phi) is 6.87. The van der Waals surface area contributed by atoms with Crippen LogP contribution >= 0.6 is 0 Å². The van der Waals surface area contributed by atoms with E-state index in [-0.39, 0.29) is 35.3 Å². The highest BCUT2D eigenvalue weighted by Crippen LogP contribution is 2.45. The van der Waals surface area contributed by atoms with Gasteiger partial charge in [0.1, 0.15) is 5.75 Å². The van der Waals surface area contributed by atoms with Gasteiger partial charge in [0.25, 0.3) is 0 Å². The van der Waals surface area contributed by atoms with Crippen LogP contribution < -0.4 is 9.32 Å². The number of hydrogen-bond donors (Lipinski definition) is 1. The molecule has 1 fully saturated rings. The first-order valence-corrected chi connectivity index (χ1v) is 12.3. The van der Waals surface area contributed by atoms with E-state index in [0.29, 0.717) is 18.9 Å². The van der Waals surface area contributed by atoms with Gasteiger partial charge in [-0.25, -0.2) is 0 Å². The van der Waals surface area contributed by atoms with Crippen molar-refractivity contribution >= 4 is 22.1 Å². The summed E-state index contributed by atoms with van der Waals surface area (Å²) < 4.78 is 27.3. The summed E-state index contributed by atoms with van der Waals surface area (Å²) in [5.74, 6) is 0.617. The number of aryl methyl sites for hydroxylation is 1. The minimum atomic E-state index is -4.06. The third-order valence-corrected chi connectivity index (χ3v) is 6.99. The molecule has 1 heterocycles. The van der Waals surface area contributed by atoms with Crippen LogP contribution in [0.5, 0.6) is 5.75 Å². The molecule has 4 atom stereocenters. The van der Waals surface area contributed by atoms with E-state index in [1.165, 1.54) is 4.90 Å². The number of carbonyl (C=O) groups excluding carboxylic acids is 2.